The second-order valence-corrected chi connectivity index (χ2v) is 4.02. The maximum atomic E-state index is 13.5. The van der Waals surface area contributed by atoms with Crippen LogP contribution in [-0.2, 0) is 0 Å². The largest absolute Gasteiger partial charge is 0.478 e. The average molecular weight is 241 g/mol. The summed E-state index contributed by atoms with van der Waals surface area (Å²) in [5, 5.41) is 9.40. The first-order valence-electron chi connectivity index (χ1n) is 4.88. The highest BCUT2D eigenvalue weighted by molar-refractivity contribution is 7.18. The van der Waals surface area contributed by atoms with E-state index in [0.717, 1.165) is 16.3 Å². The maximum Gasteiger partial charge on any atom is 0.338 e. The van der Waals surface area contributed by atoms with Gasteiger partial charge in [-0.2, -0.15) is 0 Å². The average Bonchev–Trinajstić information content (AvgIpc) is 2.62. The molecular formula is C11H12FNO2S. The Kier molecular flexibility index (Phi) is 3.95. The fourth-order valence-corrected chi connectivity index (χ4v) is 2.09. The molecule has 1 aromatic heterocycles. The SMILES string of the molecule is CC.Cc1nc2ccc(C(=O)O)c(F)c2s1. The minimum Gasteiger partial charge on any atom is -0.478 e. The van der Waals surface area contributed by atoms with E-state index in [-0.39, 0.29) is 5.56 Å². The van der Waals surface area contributed by atoms with Crippen molar-refractivity contribution in [3.05, 3.63) is 28.5 Å². The van der Waals surface area contributed by atoms with Gasteiger partial charge in [-0.05, 0) is 19.1 Å². The van der Waals surface area contributed by atoms with Gasteiger partial charge in [-0.25, -0.2) is 14.2 Å². The number of aromatic carboxylic acids is 1. The molecule has 0 unspecified atom stereocenters. The van der Waals surface area contributed by atoms with E-state index >= 15 is 0 Å². The van der Waals surface area contributed by atoms with Gasteiger partial charge in [-0.15, -0.1) is 11.3 Å². The van der Waals surface area contributed by atoms with Crippen LogP contribution in [0.5, 0.6) is 0 Å². The van der Waals surface area contributed by atoms with Crippen molar-refractivity contribution in [2.75, 3.05) is 0 Å². The molecule has 0 radical (unpaired) electrons. The summed E-state index contributed by atoms with van der Waals surface area (Å²) in [5.41, 5.74) is 0.205. The van der Waals surface area contributed by atoms with Crippen LogP contribution in [0.1, 0.15) is 29.2 Å². The first kappa shape index (κ1) is 12.6. The predicted molar refractivity (Wildman–Crippen MR) is 62.6 cm³/mol. The van der Waals surface area contributed by atoms with Crippen molar-refractivity contribution in [3.8, 4) is 0 Å². The minimum absolute atomic E-state index is 0.304. The number of carbonyl (C=O) groups is 1. The zero-order valence-electron chi connectivity index (χ0n) is 9.24. The number of fused-ring (bicyclic) bond motifs is 1. The molecule has 0 amide bonds. The lowest BCUT2D eigenvalue weighted by atomic mass is 10.2. The molecule has 1 aromatic carbocycles. The molecular weight excluding hydrogens is 229 g/mol. The zero-order valence-corrected chi connectivity index (χ0v) is 10.1. The summed E-state index contributed by atoms with van der Waals surface area (Å²) in [6, 6.07) is 2.75. The maximum absolute atomic E-state index is 13.5. The topological polar surface area (TPSA) is 50.2 Å². The van der Waals surface area contributed by atoms with Gasteiger partial charge >= 0.3 is 5.97 Å². The molecule has 0 aliphatic heterocycles. The van der Waals surface area contributed by atoms with E-state index in [1.165, 1.54) is 12.1 Å². The van der Waals surface area contributed by atoms with Crippen molar-refractivity contribution in [1.29, 1.82) is 0 Å². The Hall–Kier alpha value is -1.49. The lowest BCUT2D eigenvalue weighted by Gasteiger charge is -1.96. The van der Waals surface area contributed by atoms with Crippen molar-refractivity contribution in [3.63, 3.8) is 0 Å². The van der Waals surface area contributed by atoms with E-state index < -0.39 is 11.8 Å². The molecule has 86 valence electrons. The summed E-state index contributed by atoms with van der Waals surface area (Å²) >= 11 is 1.16. The quantitative estimate of drug-likeness (QED) is 0.831. The number of thiazole rings is 1. The van der Waals surface area contributed by atoms with Gasteiger partial charge < -0.3 is 5.11 Å². The van der Waals surface area contributed by atoms with Crippen LogP contribution in [0.3, 0.4) is 0 Å². The second-order valence-electron chi connectivity index (χ2n) is 2.81. The molecule has 0 aliphatic carbocycles. The Morgan fingerprint density at radius 2 is 2.06 bits per heavy atom. The summed E-state index contributed by atoms with van der Waals surface area (Å²) in [6.45, 7) is 5.75. The smallest absolute Gasteiger partial charge is 0.338 e. The number of rotatable bonds is 1. The number of halogens is 1. The number of benzene rings is 1. The molecule has 0 saturated heterocycles. The number of nitrogens with zero attached hydrogens (tertiary/aromatic N) is 1. The summed E-state index contributed by atoms with van der Waals surface area (Å²) in [7, 11) is 0. The molecule has 0 atom stereocenters. The van der Waals surface area contributed by atoms with Gasteiger partial charge in [-0.3, -0.25) is 0 Å². The molecule has 0 saturated carbocycles. The van der Waals surface area contributed by atoms with Crippen LogP contribution < -0.4 is 0 Å². The first-order chi connectivity index (χ1) is 7.59. The molecule has 5 heteroatoms. The lowest BCUT2D eigenvalue weighted by Crippen LogP contribution is -1.99. The molecule has 16 heavy (non-hydrogen) atoms. The normalized spacial score (nSPS) is 9.75. The van der Waals surface area contributed by atoms with Gasteiger partial charge in [0.15, 0.2) is 5.82 Å². The molecule has 1 heterocycles. The van der Waals surface area contributed by atoms with Crippen LogP contribution >= 0.6 is 11.3 Å². The third kappa shape index (κ3) is 2.19. The van der Waals surface area contributed by atoms with Crippen LogP contribution in [0, 0.1) is 12.7 Å². The Morgan fingerprint density at radius 3 is 2.62 bits per heavy atom. The molecule has 0 spiro atoms. The third-order valence-electron chi connectivity index (χ3n) is 1.83. The van der Waals surface area contributed by atoms with E-state index in [0.29, 0.717) is 10.2 Å². The second kappa shape index (κ2) is 5.03. The molecule has 3 nitrogen and oxygen atoms in total. The number of hydrogen-bond donors (Lipinski definition) is 1. The lowest BCUT2D eigenvalue weighted by molar-refractivity contribution is 0.0692. The van der Waals surface area contributed by atoms with Crippen molar-refractivity contribution in [2.24, 2.45) is 0 Å². The van der Waals surface area contributed by atoms with Crippen LogP contribution in [0.25, 0.3) is 10.2 Å². The fourth-order valence-electron chi connectivity index (χ4n) is 1.24. The molecule has 0 aliphatic rings. The van der Waals surface area contributed by atoms with E-state index in [1.54, 1.807) is 6.92 Å². The molecule has 0 bridgehead atoms. The van der Waals surface area contributed by atoms with Gasteiger partial charge in [-0.1, -0.05) is 13.8 Å². The molecule has 1 N–H and O–H groups in total. The third-order valence-corrected chi connectivity index (χ3v) is 2.81. The molecule has 0 fully saturated rings. The van der Waals surface area contributed by atoms with E-state index in [4.69, 9.17) is 5.11 Å². The first-order valence-corrected chi connectivity index (χ1v) is 5.70. The highest BCUT2D eigenvalue weighted by atomic mass is 32.1. The number of carboxylic acids is 1. The number of aromatic nitrogens is 1. The van der Waals surface area contributed by atoms with Crippen molar-refractivity contribution in [1.82, 2.24) is 4.98 Å². The van der Waals surface area contributed by atoms with Gasteiger partial charge in [0.05, 0.1) is 20.8 Å². The Bertz CT molecular complexity index is 522. The van der Waals surface area contributed by atoms with Gasteiger partial charge in [0, 0.05) is 0 Å². The van der Waals surface area contributed by atoms with E-state index in [1.807, 2.05) is 13.8 Å². The highest BCUT2D eigenvalue weighted by Crippen LogP contribution is 2.26. The van der Waals surface area contributed by atoms with Crippen LogP contribution in [-0.4, -0.2) is 16.1 Å². The summed E-state index contributed by atoms with van der Waals surface area (Å²) in [5.74, 6) is -1.95. The number of aryl methyl sites for hydroxylation is 1. The Labute approximate surface area is 96.6 Å². The number of carboxylic acid groups (broad SMARTS) is 1. The summed E-state index contributed by atoms with van der Waals surface area (Å²) in [6.07, 6.45) is 0. The van der Waals surface area contributed by atoms with Crippen LogP contribution in [0.2, 0.25) is 0 Å². The van der Waals surface area contributed by atoms with Crippen molar-refractivity contribution >= 4 is 27.5 Å². The van der Waals surface area contributed by atoms with Crippen molar-refractivity contribution in [2.45, 2.75) is 20.8 Å². The Balaban J connectivity index is 0.000000606. The standard InChI is InChI=1S/C9H6FNO2S.C2H6/c1-4-11-6-3-2-5(9(12)13)7(10)8(6)14-4;1-2/h2-3H,1H3,(H,12,13);1-2H3. The van der Waals surface area contributed by atoms with Crippen LogP contribution in [0.4, 0.5) is 4.39 Å². The van der Waals surface area contributed by atoms with Gasteiger partial charge in [0.1, 0.15) is 0 Å². The summed E-state index contributed by atoms with van der Waals surface area (Å²) in [4.78, 5) is 14.7. The van der Waals surface area contributed by atoms with Crippen LogP contribution in [0.15, 0.2) is 12.1 Å². The molecule has 2 rings (SSSR count). The fraction of sp³-hybridized carbons (Fsp3) is 0.273. The van der Waals surface area contributed by atoms with Crippen molar-refractivity contribution < 1.29 is 14.3 Å². The number of hydrogen-bond acceptors (Lipinski definition) is 3. The van der Waals surface area contributed by atoms with Gasteiger partial charge in [0.2, 0.25) is 0 Å². The zero-order chi connectivity index (χ0) is 12.3. The minimum atomic E-state index is -1.25. The highest BCUT2D eigenvalue weighted by Gasteiger charge is 2.15. The molecule has 2 aromatic rings. The van der Waals surface area contributed by atoms with E-state index in [2.05, 4.69) is 4.98 Å². The predicted octanol–water partition coefficient (Wildman–Crippen LogP) is 3.47. The van der Waals surface area contributed by atoms with E-state index in [9.17, 15) is 9.18 Å². The van der Waals surface area contributed by atoms with Gasteiger partial charge in [0.25, 0.3) is 0 Å². The summed E-state index contributed by atoms with van der Waals surface area (Å²) < 4.78 is 13.8. The monoisotopic (exact) mass is 241 g/mol. The Morgan fingerprint density at radius 1 is 1.44 bits per heavy atom.